The van der Waals surface area contributed by atoms with E-state index in [2.05, 4.69) is 12.1 Å². The molecule has 2 heterocycles. The van der Waals surface area contributed by atoms with Crippen molar-refractivity contribution in [1.82, 2.24) is 4.90 Å². The molecular weight excluding hydrogens is 342 g/mol. The fraction of sp³-hybridized carbons (Fsp3) is 0.476. The van der Waals surface area contributed by atoms with Crippen LogP contribution in [0.5, 0.6) is 5.75 Å². The molecule has 6 nitrogen and oxygen atoms in total. The van der Waals surface area contributed by atoms with Crippen LogP contribution in [0, 0.1) is 0 Å². The van der Waals surface area contributed by atoms with Crippen molar-refractivity contribution < 1.29 is 24.4 Å². The summed E-state index contributed by atoms with van der Waals surface area (Å²) in [6.45, 7) is 8.23. The maximum atomic E-state index is 12.4. The number of hydrogen-bond acceptors (Lipinski definition) is 3. The fourth-order valence-electron chi connectivity index (χ4n) is 4.21. The lowest BCUT2D eigenvalue weighted by Gasteiger charge is -2.32. The Kier molecular flexibility index (Phi) is 5.57. The van der Waals surface area contributed by atoms with Gasteiger partial charge >= 0.3 is 0 Å². The Bertz CT molecular complexity index is 796. The summed E-state index contributed by atoms with van der Waals surface area (Å²) in [5.74, 6) is 0.641. The molecule has 2 saturated heterocycles. The summed E-state index contributed by atoms with van der Waals surface area (Å²) in [4.78, 5) is 17.2. The van der Waals surface area contributed by atoms with E-state index < -0.39 is 0 Å². The molecule has 0 atom stereocenters. The van der Waals surface area contributed by atoms with E-state index in [1.165, 1.54) is 15.2 Å². The third-order valence-corrected chi connectivity index (χ3v) is 5.87. The molecule has 0 aliphatic carbocycles. The Morgan fingerprint density at radius 2 is 1.70 bits per heavy atom. The second kappa shape index (κ2) is 8.25. The number of quaternary nitrogens is 2. The van der Waals surface area contributed by atoms with Crippen LogP contribution in [0.2, 0.25) is 0 Å². The van der Waals surface area contributed by atoms with Gasteiger partial charge in [-0.15, -0.1) is 0 Å². The number of morpholine rings is 1. The topological polar surface area (TPSA) is 58.7 Å². The number of benzene rings is 2. The summed E-state index contributed by atoms with van der Waals surface area (Å²) in [5.41, 5.74) is 1.04. The average Bonchev–Trinajstić information content (AvgIpc) is 2.72. The predicted molar refractivity (Wildman–Crippen MR) is 103 cm³/mol. The first kappa shape index (κ1) is 18.2. The average molecular weight is 371 g/mol. The summed E-state index contributed by atoms with van der Waals surface area (Å²) in [6.07, 6.45) is 0. The number of rotatable bonds is 4. The van der Waals surface area contributed by atoms with Crippen LogP contribution in [0.4, 0.5) is 0 Å². The number of nitrogens with one attached hydrogen (secondary N) is 2. The second-order valence-corrected chi connectivity index (χ2v) is 7.63. The third kappa shape index (κ3) is 4.24. The maximum absolute atomic E-state index is 12.4. The molecule has 4 rings (SSSR count). The summed E-state index contributed by atoms with van der Waals surface area (Å²) < 4.78 is 5.33. The van der Waals surface area contributed by atoms with Gasteiger partial charge < -0.3 is 24.5 Å². The normalized spacial score (nSPS) is 23.5. The highest BCUT2D eigenvalue weighted by molar-refractivity contribution is 5.87. The van der Waals surface area contributed by atoms with Crippen molar-refractivity contribution in [3.8, 4) is 5.75 Å². The molecule has 0 bridgehead atoms. The first-order valence-corrected chi connectivity index (χ1v) is 9.93. The number of ether oxygens (including phenoxy) is 1. The largest absolute Gasteiger partial charge is 0.507 e. The summed E-state index contributed by atoms with van der Waals surface area (Å²) in [5, 5.41) is 12.7. The molecule has 1 amide bonds. The van der Waals surface area contributed by atoms with Gasteiger partial charge in [-0.1, -0.05) is 30.3 Å². The number of nitrogens with zero attached hydrogens (tertiary/aromatic N) is 1. The number of hydrogen-bond donors (Lipinski definition) is 3. The highest BCUT2D eigenvalue weighted by Crippen LogP contribution is 2.26. The van der Waals surface area contributed by atoms with Crippen LogP contribution in [0.1, 0.15) is 5.56 Å². The van der Waals surface area contributed by atoms with Crippen molar-refractivity contribution in [1.29, 1.82) is 0 Å². The molecule has 2 aliphatic heterocycles. The Morgan fingerprint density at radius 3 is 2.48 bits per heavy atom. The van der Waals surface area contributed by atoms with Crippen LogP contribution in [-0.4, -0.2) is 74.9 Å². The number of phenols is 1. The molecule has 2 aromatic rings. The van der Waals surface area contributed by atoms with Gasteiger partial charge in [-0.25, -0.2) is 0 Å². The van der Waals surface area contributed by atoms with Crippen molar-refractivity contribution in [2.45, 2.75) is 6.54 Å². The van der Waals surface area contributed by atoms with Gasteiger partial charge in [0.05, 0.1) is 18.8 Å². The van der Waals surface area contributed by atoms with Crippen molar-refractivity contribution in [3.05, 3.63) is 42.0 Å². The number of carbonyl (C=O) groups excluding carboxylic acids is 1. The molecule has 0 saturated carbocycles. The van der Waals surface area contributed by atoms with Crippen LogP contribution >= 0.6 is 0 Å². The second-order valence-electron chi connectivity index (χ2n) is 7.63. The smallest absolute Gasteiger partial charge is 0.277 e. The Morgan fingerprint density at radius 1 is 1.00 bits per heavy atom. The number of piperazine rings is 1. The number of amides is 1. The van der Waals surface area contributed by atoms with Gasteiger partial charge in [-0.2, -0.15) is 0 Å². The predicted octanol–water partition coefficient (Wildman–Crippen LogP) is -1.31. The molecule has 144 valence electrons. The SMILES string of the molecule is O=C(C[NH+]1CC[NH+](Cc2c(O)ccc3ccccc23)CC1)N1CCOCC1. The first-order valence-electron chi connectivity index (χ1n) is 9.93. The van der Waals surface area contributed by atoms with E-state index in [-0.39, 0.29) is 5.91 Å². The van der Waals surface area contributed by atoms with Crippen molar-refractivity contribution >= 4 is 16.7 Å². The molecule has 0 radical (unpaired) electrons. The monoisotopic (exact) mass is 371 g/mol. The van der Waals surface area contributed by atoms with Gasteiger partial charge in [0.25, 0.3) is 5.91 Å². The molecule has 6 heteroatoms. The maximum Gasteiger partial charge on any atom is 0.277 e. The summed E-state index contributed by atoms with van der Waals surface area (Å²) >= 11 is 0. The van der Waals surface area contributed by atoms with E-state index in [0.717, 1.165) is 56.8 Å². The summed E-state index contributed by atoms with van der Waals surface area (Å²) in [7, 11) is 0. The molecule has 27 heavy (non-hydrogen) atoms. The third-order valence-electron chi connectivity index (χ3n) is 5.87. The van der Waals surface area contributed by atoms with Gasteiger partial charge in [0.2, 0.25) is 0 Å². The highest BCUT2D eigenvalue weighted by Gasteiger charge is 2.28. The van der Waals surface area contributed by atoms with Gasteiger partial charge in [0.15, 0.2) is 6.54 Å². The van der Waals surface area contributed by atoms with Crippen LogP contribution in [0.3, 0.4) is 0 Å². The van der Waals surface area contributed by atoms with Crippen molar-refractivity contribution in [3.63, 3.8) is 0 Å². The number of phenolic OH excluding ortho intramolecular Hbond substituents is 1. The number of fused-ring (bicyclic) bond motifs is 1. The van der Waals surface area contributed by atoms with E-state index in [9.17, 15) is 9.90 Å². The molecule has 3 N–H and O–H groups in total. The molecule has 2 fully saturated rings. The Hall–Kier alpha value is -2.15. The van der Waals surface area contributed by atoms with Crippen LogP contribution < -0.4 is 9.80 Å². The molecule has 0 aromatic heterocycles. The zero-order chi connectivity index (χ0) is 18.6. The number of aromatic hydroxyl groups is 1. The summed E-state index contributed by atoms with van der Waals surface area (Å²) in [6, 6.07) is 12.0. The minimum absolute atomic E-state index is 0.253. The van der Waals surface area contributed by atoms with Crippen LogP contribution in [-0.2, 0) is 16.1 Å². The lowest BCUT2D eigenvalue weighted by atomic mass is 10.0. The fourth-order valence-corrected chi connectivity index (χ4v) is 4.21. The molecule has 2 aliphatic rings. The van der Waals surface area contributed by atoms with E-state index >= 15 is 0 Å². The molecule has 0 unspecified atom stereocenters. The lowest BCUT2D eigenvalue weighted by molar-refractivity contribution is -1.02. The van der Waals surface area contributed by atoms with E-state index in [0.29, 0.717) is 25.5 Å². The van der Waals surface area contributed by atoms with Crippen molar-refractivity contribution in [2.24, 2.45) is 0 Å². The van der Waals surface area contributed by atoms with E-state index in [4.69, 9.17) is 4.74 Å². The van der Waals surface area contributed by atoms with Gasteiger partial charge in [0, 0.05) is 13.1 Å². The molecule has 0 spiro atoms. The quantitative estimate of drug-likeness (QED) is 0.626. The number of carbonyl (C=O) groups is 1. The zero-order valence-corrected chi connectivity index (χ0v) is 15.7. The molecular formula is C21H29N3O3+2. The first-order chi connectivity index (χ1) is 13.2. The van der Waals surface area contributed by atoms with Gasteiger partial charge in [0.1, 0.15) is 38.5 Å². The Balaban J connectivity index is 1.33. The van der Waals surface area contributed by atoms with Crippen LogP contribution in [0.15, 0.2) is 36.4 Å². The van der Waals surface area contributed by atoms with Gasteiger partial charge in [-0.05, 0) is 16.8 Å². The van der Waals surface area contributed by atoms with Crippen molar-refractivity contribution in [2.75, 3.05) is 59.0 Å². The minimum atomic E-state index is 0.253. The Labute approximate surface area is 159 Å². The highest BCUT2D eigenvalue weighted by atomic mass is 16.5. The van der Waals surface area contributed by atoms with Crippen LogP contribution in [0.25, 0.3) is 10.8 Å². The standard InChI is InChI=1S/C21H27N3O3/c25-20-6-5-17-3-1-2-4-18(17)19(20)15-22-7-9-23(10-8-22)16-21(26)24-11-13-27-14-12-24/h1-6,25H,7-16H2/p+2. The van der Waals surface area contributed by atoms with E-state index in [1.807, 2.05) is 23.1 Å². The molecule has 2 aromatic carbocycles. The van der Waals surface area contributed by atoms with Gasteiger partial charge in [-0.3, -0.25) is 4.79 Å². The van der Waals surface area contributed by atoms with E-state index in [1.54, 1.807) is 6.07 Å². The zero-order valence-electron chi connectivity index (χ0n) is 15.7. The minimum Gasteiger partial charge on any atom is -0.507 e. The lowest BCUT2D eigenvalue weighted by Crippen LogP contribution is -3.28.